The molecule has 0 aromatic heterocycles. The summed E-state index contributed by atoms with van der Waals surface area (Å²) in [7, 11) is 0. The van der Waals surface area contributed by atoms with Crippen LogP contribution in [0.1, 0.15) is 25.0 Å². The summed E-state index contributed by atoms with van der Waals surface area (Å²) in [6.07, 6.45) is -2.41. The van der Waals surface area contributed by atoms with Crippen LogP contribution in [-0.2, 0) is 34.3 Å². The molecule has 1 saturated heterocycles. The lowest BCUT2D eigenvalue weighted by Crippen LogP contribution is -2.39. The Labute approximate surface area is 157 Å². The van der Waals surface area contributed by atoms with Crippen molar-refractivity contribution in [2.24, 2.45) is 0 Å². The first-order chi connectivity index (χ1) is 13.1. The van der Waals surface area contributed by atoms with Gasteiger partial charge >= 0.3 is 11.9 Å². The minimum atomic E-state index is -1.35. The van der Waals surface area contributed by atoms with Gasteiger partial charge < -0.3 is 18.9 Å². The Hall–Kier alpha value is -2.70. The van der Waals surface area contributed by atoms with Gasteiger partial charge in [0.1, 0.15) is 0 Å². The van der Waals surface area contributed by atoms with Gasteiger partial charge in [-0.25, -0.2) is 9.59 Å². The van der Waals surface area contributed by atoms with Crippen molar-refractivity contribution in [2.75, 3.05) is 13.2 Å². The predicted molar refractivity (Wildman–Crippen MR) is 95.7 cm³/mol. The molecular formula is C21H20O6. The van der Waals surface area contributed by atoms with Gasteiger partial charge in [-0.15, -0.1) is 0 Å². The lowest BCUT2D eigenvalue weighted by atomic mass is 10.0. The highest BCUT2D eigenvalue weighted by atomic mass is 16.8. The SMILES string of the molecule is CCOC(=O)[C@H]1OC2(O[C@@H]1C(=O)OCC)c1ccccc1-c1ccccc12. The molecule has 0 saturated carbocycles. The first-order valence-electron chi connectivity index (χ1n) is 9.00. The van der Waals surface area contributed by atoms with Gasteiger partial charge in [0.15, 0.2) is 12.2 Å². The Morgan fingerprint density at radius 1 is 0.815 bits per heavy atom. The molecule has 2 atom stereocenters. The summed E-state index contributed by atoms with van der Waals surface area (Å²) < 4.78 is 22.5. The van der Waals surface area contributed by atoms with Crippen molar-refractivity contribution >= 4 is 11.9 Å². The zero-order valence-corrected chi connectivity index (χ0v) is 15.1. The second-order valence-electron chi connectivity index (χ2n) is 6.29. The maximum atomic E-state index is 12.5. The quantitative estimate of drug-likeness (QED) is 0.773. The van der Waals surface area contributed by atoms with Gasteiger partial charge in [-0.3, -0.25) is 0 Å². The third-order valence-electron chi connectivity index (χ3n) is 4.75. The van der Waals surface area contributed by atoms with E-state index in [0.717, 1.165) is 22.3 Å². The molecule has 27 heavy (non-hydrogen) atoms. The number of benzene rings is 2. The number of carbonyl (C=O) groups excluding carboxylic acids is 2. The van der Waals surface area contributed by atoms with Crippen LogP contribution in [0, 0.1) is 0 Å². The van der Waals surface area contributed by atoms with Crippen LogP contribution in [0.4, 0.5) is 0 Å². The van der Waals surface area contributed by atoms with Gasteiger partial charge in [0.2, 0.25) is 5.79 Å². The van der Waals surface area contributed by atoms with Gasteiger partial charge in [-0.1, -0.05) is 48.5 Å². The minimum Gasteiger partial charge on any atom is -0.464 e. The van der Waals surface area contributed by atoms with Gasteiger partial charge in [-0.05, 0) is 25.0 Å². The van der Waals surface area contributed by atoms with Crippen molar-refractivity contribution in [3.63, 3.8) is 0 Å². The first-order valence-corrected chi connectivity index (χ1v) is 9.00. The summed E-state index contributed by atoms with van der Waals surface area (Å²) in [5.41, 5.74) is 3.40. The topological polar surface area (TPSA) is 71.1 Å². The highest BCUT2D eigenvalue weighted by molar-refractivity contribution is 5.88. The Kier molecular flexibility index (Phi) is 4.45. The monoisotopic (exact) mass is 368 g/mol. The second kappa shape index (κ2) is 6.79. The molecule has 2 aromatic carbocycles. The van der Waals surface area contributed by atoms with Crippen LogP contribution in [0.25, 0.3) is 11.1 Å². The second-order valence-corrected chi connectivity index (χ2v) is 6.29. The fraction of sp³-hybridized carbons (Fsp3) is 0.333. The van der Waals surface area contributed by atoms with E-state index >= 15 is 0 Å². The number of hydrogen-bond acceptors (Lipinski definition) is 6. The van der Waals surface area contributed by atoms with Crippen LogP contribution in [-0.4, -0.2) is 37.4 Å². The Bertz CT molecular complexity index is 816. The molecule has 1 fully saturated rings. The highest BCUT2D eigenvalue weighted by Gasteiger charge is 2.59. The van der Waals surface area contributed by atoms with Gasteiger partial charge in [0, 0.05) is 11.1 Å². The van der Waals surface area contributed by atoms with Crippen molar-refractivity contribution in [3.8, 4) is 11.1 Å². The van der Waals surface area contributed by atoms with Crippen LogP contribution in [0.15, 0.2) is 48.5 Å². The van der Waals surface area contributed by atoms with Crippen LogP contribution < -0.4 is 0 Å². The molecule has 0 bridgehead atoms. The third-order valence-corrected chi connectivity index (χ3v) is 4.75. The van der Waals surface area contributed by atoms with E-state index in [0.29, 0.717) is 0 Å². The number of ether oxygens (including phenoxy) is 4. The Morgan fingerprint density at radius 2 is 1.22 bits per heavy atom. The van der Waals surface area contributed by atoms with Crippen molar-refractivity contribution in [1.82, 2.24) is 0 Å². The molecule has 0 N–H and O–H groups in total. The molecular weight excluding hydrogens is 348 g/mol. The molecule has 1 heterocycles. The van der Waals surface area contributed by atoms with E-state index in [2.05, 4.69) is 0 Å². The molecule has 4 rings (SSSR count). The van der Waals surface area contributed by atoms with E-state index in [1.54, 1.807) is 13.8 Å². The lowest BCUT2D eigenvalue weighted by Gasteiger charge is -2.25. The van der Waals surface area contributed by atoms with Crippen LogP contribution in [0.5, 0.6) is 0 Å². The number of hydrogen-bond donors (Lipinski definition) is 0. The van der Waals surface area contributed by atoms with E-state index in [4.69, 9.17) is 18.9 Å². The zero-order chi connectivity index (χ0) is 19.0. The van der Waals surface area contributed by atoms with Crippen molar-refractivity contribution in [1.29, 1.82) is 0 Å². The molecule has 6 nitrogen and oxygen atoms in total. The summed E-state index contributed by atoms with van der Waals surface area (Å²) >= 11 is 0. The van der Waals surface area contributed by atoms with Crippen LogP contribution in [0.3, 0.4) is 0 Å². The van der Waals surface area contributed by atoms with Gasteiger partial charge in [0.05, 0.1) is 13.2 Å². The standard InChI is InChI=1S/C21H20O6/c1-3-24-19(22)17-18(20(23)25-4-2)27-21(26-17)15-11-7-5-9-13(15)14-10-6-8-12-16(14)21/h5-12,17-18H,3-4H2,1-2H3/t17-,18-/m0/s1. The summed E-state index contributed by atoms with van der Waals surface area (Å²) in [5, 5.41) is 0. The van der Waals surface area contributed by atoms with Crippen LogP contribution >= 0.6 is 0 Å². The molecule has 0 radical (unpaired) electrons. The van der Waals surface area contributed by atoms with Crippen LogP contribution in [0.2, 0.25) is 0 Å². The van der Waals surface area contributed by atoms with E-state index in [1.807, 2.05) is 48.5 Å². The summed E-state index contributed by atoms with van der Waals surface area (Å²) in [4.78, 5) is 25.0. The van der Waals surface area contributed by atoms with E-state index < -0.39 is 29.9 Å². The Morgan fingerprint density at radius 3 is 1.63 bits per heavy atom. The average Bonchev–Trinajstić information content (AvgIpc) is 3.22. The molecule has 1 aliphatic heterocycles. The van der Waals surface area contributed by atoms with Crippen molar-refractivity contribution in [3.05, 3.63) is 59.7 Å². The number of esters is 2. The van der Waals surface area contributed by atoms with E-state index in [-0.39, 0.29) is 13.2 Å². The molecule has 2 aliphatic rings. The van der Waals surface area contributed by atoms with Gasteiger partial charge in [-0.2, -0.15) is 0 Å². The number of fused-ring (bicyclic) bond motifs is 5. The summed E-state index contributed by atoms with van der Waals surface area (Å²) in [6, 6.07) is 15.3. The molecule has 6 heteroatoms. The molecule has 140 valence electrons. The molecule has 0 unspecified atom stereocenters. The van der Waals surface area contributed by atoms with E-state index in [1.165, 1.54) is 0 Å². The minimum absolute atomic E-state index is 0.175. The maximum Gasteiger partial charge on any atom is 0.338 e. The zero-order valence-electron chi connectivity index (χ0n) is 15.1. The fourth-order valence-electron chi connectivity index (χ4n) is 3.71. The van der Waals surface area contributed by atoms with Gasteiger partial charge in [0.25, 0.3) is 0 Å². The highest BCUT2D eigenvalue weighted by Crippen LogP contribution is 2.54. The molecule has 2 aromatic rings. The largest absolute Gasteiger partial charge is 0.464 e. The Balaban J connectivity index is 1.83. The first kappa shape index (κ1) is 17.7. The van der Waals surface area contributed by atoms with E-state index in [9.17, 15) is 9.59 Å². The number of carbonyl (C=O) groups is 2. The number of rotatable bonds is 4. The summed E-state index contributed by atoms with van der Waals surface area (Å²) in [6.45, 7) is 3.74. The molecule has 0 amide bonds. The smallest absolute Gasteiger partial charge is 0.338 e. The van der Waals surface area contributed by atoms with Crippen molar-refractivity contribution in [2.45, 2.75) is 31.8 Å². The third kappa shape index (κ3) is 2.64. The molecule has 1 aliphatic carbocycles. The average molecular weight is 368 g/mol. The van der Waals surface area contributed by atoms with Crippen molar-refractivity contribution < 1.29 is 28.5 Å². The summed E-state index contributed by atoms with van der Waals surface area (Å²) in [5.74, 6) is -2.63. The molecule has 1 spiro atoms. The maximum absolute atomic E-state index is 12.5. The predicted octanol–water partition coefficient (Wildman–Crippen LogP) is 2.78. The normalized spacial score (nSPS) is 21.6. The lowest BCUT2D eigenvalue weighted by molar-refractivity contribution is -0.173. The fourth-order valence-corrected chi connectivity index (χ4v) is 3.71.